The highest BCUT2D eigenvalue weighted by molar-refractivity contribution is 6.25. The van der Waals surface area contributed by atoms with Crippen LogP contribution in [0.5, 0.6) is 0 Å². The molecular formula is C46H30. The van der Waals surface area contributed by atoms with Crippen LogP contribution in [0.25, 0.3) is 87.6 Å². The first-order valence-corrected chi connectivity index (χ1v) is 15.4. The van der Waals surface area contributed by atoms with E-state index in [0.717, 1.165) is 32.7 Å². The minimum absolute atomic E-state index is 0.0195. The maximum absolute atomic E-state index is 10.2. The molecule has 0 aromatic heterocycles. The molecule has 0 heteroatoms. The first-order valence-electron chi connectivity index (χ1n) is 18.9. The Balaban J connectivity index is 1.61. The molecule has 0 unspecified atom stereocenters. The molecule has 0 fully saturated rings. The Morgan fingerprint density at radius 2 is 0.804 bits per heavy atom. The SMILES string of the molecule is [2H]c1c([2H])c([2H])c2c(-c3cccc4ccccc34)c3c([2H])c([2H])c(-c4cccc5ccccc45)c([2H])c3c(-c3ccccc3-c3ccccc3)c2c1[2H]. The normalized spacial score (nSPS) is 13.6. The van der Waals surface area contributed by atoms with Gasteiger partial charge in [0.2, 0.25) is 0 Å². The van der Waals surface area contributed by atoms with Crippen LogP contribution in [-0.4, -0.2) is 0 Å². The van der Waals surface area contributed by atoms with E-state index in [-0.39, 0.29) is 53.1 Å². The highest BCUT2D eigenvalue weighted by Crippen LogP contribution is 2.48. The van der Waals surface area contributed by atoms with Gasteiger partial charge in [-0.15, -0.1) is 0 Å². The minimum Gasteiger partial charge on any atom is -0.0622 e. The van der Waals surface area contributed by atoms with Crippen LogP contribution in [0.15, 0.2) is 182 Å². The van der Waals surface area contributed by atoms with Crippen LogP contribution in [0.3, 0.4) is 0 Å². The van der Waals surface area contributed by atoms with E-state index in [2.05, 4.69) is 0 Å². The van der Waals surface area contributed by atoms with E-state index in [0.29, 0.717) is 44.2 Å². The fraction of sp³-hybridized carbons (Fsp3) is 0. The average Bonchev–Trinajstić information content (AvgIpc) is 3.20. The van der Waals surface area contributed by atoms with Gasteiger partial charge in [-0.25, -0.2) is 0 Å². The summed E-state index contributed by atoms with van der Waals surface area (Å²) in [6.45, 7) is 0. The van der Waals surface area contributed by atoms with Crippen LogP contribution in [0, 0.1) is 0 Å². The summed E-state index contributed by atoms with van der Waals surface area (Å²) in [6.07, 6.45) is 0. The summed E-state index contributed by atoms with van der Waals surface area (Å²) in [7, 11) is 0. The Morgan fingerprint density at radius 1 is 0.304 bits per heavy atom. The lowest BCUT2D eigenvalue weighted by molar-refractivity contribution is 1.60. The van der Waals surface area contributed by atoms with Gasteiger partial charge in [0.1, 0.15) is 0 Å². The number of hydrogen-bond donors (Lipinski definition) is 0. The fourth-order valence-electron chi connectivity index (χ4n) is 6.85. The fourth-order valence-corrected chi connectivity index (χ4v) is 6.85. The van der Waals surface area contributed by atoms with E-state index in [4.69, 9.17) is 2.74 Å². The third-order valence-corrected chi connectivity index (χ3v) is 8.90. The highest BCUT2D eigenvalue weighted by atomic mass is 14.2. The van der Waals surface area contributed by atoms with Crippen molar-refractivity contribution >= 4 is 43.1 Å². The van der Waals surface area contributed by atoms with Gasteiger partial charge in [-0.2, -0.15) is 0 Å². The lowest BCUT2D eigenvalue weighted by Crippen LogP contribution is -1.94. The van der Waals surface area contributed by atoms with E-state index in [1.165, 1.54) is 0 Å². The van der Waals surface area contributed by atoms with E-state index in [1.807, 2.05) is 140 Å². The summed E-state index contributed by atoms with van der Waals surface area (Å²) in [4.78, 5) is 0. The zero-order chi connectivity index (χ0) is 36.5. The van der Waals surface area contributed by atoms with Crippen molar-refractivity contribution in [1.29, 1.82) is 0 Å². The molecule has 9 aromatic rings. The molecule has 9 rings (SSSR count). The van der Waals surface area contributed by atoms with Gasteiger partial charge < -0.3 is 0 Å². The molecular weight excluding hydrogens is 553 g/mol. The van der Waals surface area contributed by atoms with E-state index < -0.39 is 0 Å². The van der Waals surface area contributed by atoms with Gasteiger partial charge >= 0.3 is 0 Å². The van der Waals surface area contributed by atoms with Crippen molar-refractivity contribution in [2.75, 3.05) is 0 Å². The third kappa shape index (κ3) is 4.23. The van der Waals surface area contributed by atoms with E-state index >= 15 is 0 Å². The van der Waals surface area contributed by atoms with Crippen molar-refractivity contribution < 1.29 is 9.60 Å². The standard InChI is InChI=1S/C46H30/c1-2-14-31(15-3-1)36-22-8-9-23-39(36)46-42-25-11-10-24-41(42)45(40-27-13-19-33-17-5-7-21-37(33)40)43-29-28-34(30-44(43)46)38-26-12-18-32-16-4-6-20-35(32)38/h1-30H/i10D,11D,24D,25D,28D,29D,30D. The van der Waals surface area contributed by atoms with Gasteiger partial charge in [-0.05, 0) is 93.6 Å². The molecule has 0 atom stereocenters. The summed E-state index contributed by atoms with van der Waals surface area (Å²) >= 11 is 0. The summed E-state index contributed by atoms with van der Waals surface area (Å²) in [5.41, 5.74) is 4.83. The van der Waals surface area contributed by atoms with Crippen molar-refractivity contribution in [2.45, 2.75) is 0 Å². The largest absolute Gasteiger partial charge is 0.0636 e. The molecule has 0 amide bonds. The van der Waals surface area contributed by atoms with Crippen LogP contribution in [0.2, 0.25) is 0 Å². The van der Waals surface area contributed by atoms with Gasteiger partial charge in [0.05, 0.1) is 9.60 Å². The van der Waals surface area contributed by atoms with Crippen LogP contribution < -0.4 is 0 Å². The number of hydrogen-bond acceptors (Lipinski definition) is 0. The molecule has 0 aliphatic carbocycles. The molecule has 0 spiro atoms. The number of fused-ring (bicyclic) bond motifs is 4. The number of benzene rings is 9. The molecule has 0 aliphatic heterocycles. The lowest BCUT2D eigenvalue weighted by Gasteiger charge is -2.21. The van der Waals surface area contributed by atoms with Crippen molar-refractivity contribution in [1.82, 2.24) is 0 Å². The molecule has 46 heavy (non-hydrogen) atoms. The van der Waals surface area contributed by atoms with E-state index in [9.17, 15) is 6.85 Å². The first kappa shape index (κ1) is 20.1. The van der Waals surface area contributed by atoms with Crippen molar-refractivity contribution in [3.8, 4) is 44.5 Å². The Morgan fingerprint density at radius 3 is 1.52 bits per heavy atom. The minimum atomic E-state index is -0.387. The molecule has 9 aromatic carbocycles. The summed E-state index contributed by atoms with van der Waals surface area (Å²) < 4.78 is 66.6. The van der Waals surface area contributed by atoms with Crippen molar-refractivity contribution in [3.05, 3.63) is 182 Å². The molecule has 0 heterocycles. The third-order valence-electron chi connectivity index (χ3n) is 8.90. The average molecular weight is 590 g/mol. The Bertz CT molecular complexity index is 2960. The van der Waals surface area contributed by atoms with Gasteiger partial charge in [0.25, 0.3) is 0 Å². The second kappa shape index (κ2) is 10.9. The van der Waals surface area contributed by atoms with Crippen molar-refractivity contribution in [3.63, 3.8) is 0 Å². The maximum atomic E-state index is 10.2. The zero-order valence-electron chi connectivity index (χ0n) is 31.8. The topological polar surface area (TPSA) is 0 Å². The van der Waals surface area contributed by atoms with E-state index in [1.54, 1.807) is 0 Å². The first-order chi connectivity index (χ1) is 25.8. The molecule has 0 aliphatic rings. The molecule has 0 saturated heterocycles. The van der Waals surface area contributed by atoms with Gasteiger partial charge in [-0.3, -0.25) is 0 Å². The van der Waals surface area contributed by atoms with Crippen LogP contribution in [0.4, 0.5) is 0 Å². The zero-order valence-corrected chi connectivity index (χ0v) is 24.8. The second-order valence-electron chi connectivity index (χ2n) is 11.5. The smallest absolute Gasteiger partial charge is 0.0622 e. The molecule has 0 saturated carbocycles. The number of rotatable bonds is 4. The summed E-state index contributed by atoms with van der Waals surface area (Å²) in [5.74, 6) is 0. The molecule has 0 nitrogen and oxygen atoms in total. The molecule has 214 valence electrons. The quantitative estimate of drug-likeness (QED) is 0.179. The van der Waals surface area contributed by atoms with Crippen molar-refractivity contribution in [2.24, 2.45) is 0 Å². The summed E-state index contributed by atoms with van der Waals surface area (Å²) in [5, 5.41) is 4.72. The Hall–Kier alpha value is -5.98. The highest BCUT2D eigenvalue weighted by Gasteiger charge is 2.20. The van der Waals surface area contributed by atoms with Crippen LogP contribution >= 0.6 is 0 Å². The predicted octanol–water partition coefficient (Wildman–Crippen LogP) is 13.0. The lowest BCUT2D eigenvalue weighted by atomic mass is 9.82. The second-order valence-corrected chi connectivity index (χ2v) is 11.5. The molecule has 0 N–H and O–H groups in total. The predicted molar refractivity (Wildman–Crippen MR) is 198 cm³/mol. The van der Waals surface area contributed by atoms with Crippen LogP contribution in [-0.2, 0) is 0 Å². The molecule has 0 radical (unpaired) electrons. The van der Waals surface area contributed by atoms with Gasteiger partial charge in [-0.1, -0.05) is 176 Å². The van der Waals surface area contributed by atoms with Gasteiger partial charge in [0, 0.05) is 0 Å². The Kier molecular flexibility index (Phi) is 4.76. The summed E-state index contributed by atoms with van der Waals surface area (Å²) in [6, 6.07) is 43.2. The van der Waals surface area contributed by atoms with Crippen LogP contribution in [0.1, 0.15) is 9.60 Å². The monoisotopic (exact) mass is 589 g/mol. The molecule has 0 bridgehead atoms. The van der Waals surface area contributed by atoms with Gasteiger partial charge in [0.15, 0.2) is 0 Å². The Labute approximate surface area is 278 Å². The maximum Gasteiger partial charge on any atom is 0.0636 e.